The summed E-state index contributed by atoms with van der Waals surface area (Å²) in [5.41, 5.74) is 4.25. The molecule has 0 fully saturated rings. The van der Waals surface area contributed by atoms with E-state index < -0.39 is 0 Å². The highest BCUT2D eigenvalue weighted by atomic mass is 16.5. The van der Waals surface area contributed by atoms with Crippen molar-refractivity contribution in [2.24, 2.45) is 0 Å². The average molecular weight is 262 g/mol. The lowest BCUT2D eigenvalue weighted by atomic mass is 10.00. The Hall–Kier alpha value is -1.22. The third kappa shape index (κ3) is 2.71. The van der Waals surface area contributed by atoms with Crippen LogP contribution in [0.5, 0.6) is 5.75 Å². The molecule has 0 aliphatic carbocycles. The number of fused-ring (bicyclic) bond motifs is 2. The first-order valence-electron chi connectivity index (χ1n) is 7.01. The molecule has 0 unspecified atom stereocenters. The van der Waals surface area contributed by atoms with E-state index in [-0.39, 0.29) is 7.43 Å². The Morgan fingerprint density at radius 2 is 1.84 bits per heavy atom. The summed E-state index contributed by atoms with van der Waals surface area (Å²) in [6.45, 7) is 8.49. The van der Waals surface area contributed by atoms with Crippen LogP contribution < -0.4 is 15.0 Å². The molecule has 0 aromatic heterocycles. The van der Waals surface area contributed by atoms with E-state index in [9.17, 15) is 0 Å². The maximum absolute atomic E-state index is 5.85. The van der Waals surface area contributed by atoms with E-state index in [1.165, 1.54) is 16.8 Å². The minimum atomic E-state index is 0. The predicted octanol–water partition coefficient (Wildman–Crippen LogP) is 2.62. The highest BCUT2D eigenvalue weighted by molar-refractivity contribution is 5.64. The van der Waals surface area contributed by atoms with E-state index in [1.54, 1.807) is 0 Å². The first-order chi connectivity index (χ1) is 8.75. The Morgan fingerprint density at radius 1 is 1.16 bits per heavy atom. The fraction of sp³-hybridized carbons (Fsp3) is 0.625. The van der Waals surface area contributed by atoms with Crippen LogP contribution in [0.25, 0.3) is 0 Å². The number of nitrogens with one attached hydrogen (secondary N) is 1. The van der Waals surface area contributed by atoms with Gasteiger partial charge in [0, 0.05) is 6.04 Å². The van der Waals surface area contributed by atoms with Crippen LogP contribution in [0.4, 0.5) is 5.69 Å². The van der Waals surface area contributed by atoms with Crippen molar-refractivity contribution in [1.82, 2.24) is 5.32 Å². The zero-order chi connectivity index (χ0) is 12.5. The monoisotopic (exact) mass is 262 g/mol. The van der Waals surface area contributed by atoms with Gasteiger partial charge in [0.1, 0.15) is 12.4 Å². The third-order valence-corrected chi connectivity index (χ3v) is 3.95. The maximum Gasteiger partial charge on any atom is 0.142 e. The Morgan fingerprint density at radius 3 is 2.53 bits per heavy atom. The number of nitrogens with zero attached hydrogens (tertiary/aromatic N) is 1. The van der Waals surface area contributed by atoms with E-state index in [0.717, 1.165) is 44.8 Å². The molecule has 0 bridgehead atoms. The van der Waals surface area contributed by atoms with Gasteiger partial charge in [-0.1, -0.05) is 7.43 Å². The molecule has 0 saturated heterocycles. The van der Waals surface area contributed by atoms with Gasteiger partial charge in [-0.2, -0.15) is 0 Å². The maximum atomic E-state index is 5.85. The third-order valence-electron chi connectivity index (χ3n) is 3.95. The van der Waals surface area contributed by atoms with Crippen LogP contribution in [-0.2, 0) is 12.8 Å². The molecule has 3 nitrogen and oxygen atoms in total. The molecular formula is C16H26N2O. The molecule has 2 aliphatic rings. The molecule has 1 aromatic rings. The van der Waals surface area contributed by atoms with Gasteiger partial charge in [0.2, 0.25) is 0 Å². The first kappa shape index (κ1) is 14.2. The van der Waals surface area contributed by atoms with Gasteiger partial charge in [-0.05, 0) is 63.0 Å². The highest BCUT2D eigenvalue weighted by Crippen LogP contribution is 2.36. The van der Waals surface area contributed by atoms with Crippen molar-refractivity contribution in [3.63, 3.8) is 0 Å². The lowest BCUT2D eigenvalue weighted by molar-refractivity contribution is 0.302. The molecular weight excluding hydrogens is 236 g/mol. The van der Waals surface area contributed by atoms with Gasteiger partial charge in [-0.3, -0.25) is 0 Å². The van der Waals surface area contributed by atoms with Gasteiger partial charge >= 0.3 is 0 Å². The molecule has 0 radical (unpaired) electrons. The van der Waals surface area contributed by atoms with Crippen LogP contribution in [0.15, 0.2) is 12.1 Å². The van der Waals surface area contributed by atoms with Crippen LogP contribution in [0.2, 0.25) is 0 Å². The van der Waals surface area contributed by atoms with Crippen molar-refractivity contribution in [2.75, 3.05) is 31.1 Å². The molecule has 0 amide bonds. The van der Waals surface area contributed by atoms with Gasteiger partial charge in [-0.25, -0.2) is 0 Å². The van der Waals surface area contributed by atoms with Gasteiger partial charge in [0.15, 0.2) is 0 Å². The van der Waals surface area contributed by atoms with Gasteiger partial charge in [-0.15, -0.1) is 0 Å². The van der Waals surface area contributed by atoms with Crippen LogP contribution in [-0.4, -0.2) is 32.3 Å². The molecule has 0 atom stereocenters. The SMILES string of the molecule is C.CC(C)N1CCOc2cc3c(cc21)CCNCC3. The molecule has 19 heavy (non-hydrogen) atoms. The summed E-state index contributed by atoms with van der Waals surface area (Å²) in [6, 6.07) is 5.16. The molecule has 1 N–H and O–H groups in total. The van der Waals surface area contributed by atoms with Crippen LogP contribution in [0, 0.1) is 0 Å². The van der Waals surface area contributed by atoms with Crippen LogP contribution >= 0.6 is 0 Å². The lowest BCUT2D eigenvalue weighted by Gasteiger charge is -2.35. The summed E-state index contributed by atoms with van der Waals surface area (Å²) in [6.07, 6.45) is 2.25. The van der Waals surface area contributed by atoms with Crippen molar-refractivity contribution in [3.8, 4) is 5.75 Å². The molecule has 3 heteroatoms. The normalized spacial score (nSPS) is 17.9. The number of ether oxygens (including phenoxy) is 1. The molecule has 2 aliphatic heterocycles. The number of hydrogen-bond donors (Lipinski definition) is 1. The summed E-state index contributed by atoms with van der Waals surface area (Å²) in [5.74, 6) is 1.08. The Bertz CT molecular complexity index is 443. The van der Waals surface area contributed by atoms with Gasteiger partial charge < -0.3 is 15.0 Å². The lowest BCUT2D eigenvalue weighted by Crippen LogP contribution is -2.38. The smallest absolute Gasteiger partial charge is 0.142 e. The minimum Gasteiger partial charge on any atom is -0.490 e. The van der Waals surface area contributed by atoms with Crippen LogP contribution in [0.3, 0.4) is 0 Å². The Labute approximate surface area is 116 Å². The summed E-state index contributed by atoms with van der Waals surface area (Å²) in [4.78, 5) is 2.46. The molecule has 0 spiro atoms. The van der Waals surface area contributed by atoms with E-state index >= 15 is 0 Å². The highest BCUT2D eigenvalue weighted by Gasteiger charge is 2.22. The summed E-state index contributed by atoms with van der Waals surface area (Å²) in [7, 11) is 0. The minimum absolute atomic E-state index is 0. The molecule has 1 aromatic carbocycles. The van der Waals surface area contributed by atoms with Gasteiger partial charge in [0.25, 0.3) is 0 Å². The molecule has 106 valence electrons. The van der Waals surface area contributed by atoms with Crippen molar-refractivity contribution in [3.05, 3.63) is 23.3 Å². The second-order valence-electron chi connectivity index (χ2n) is 5.47. The second kappa shape index (κ2) is 5.83. The number of anilines is 1. The average Bonchev–Trinajstić information content (AvgIpc) is 2.59. The molecule has 0 saturated carbocycles. The number of rotatable bonds is 1. The van der Waals surface area contributed by atoms with Crippen LogP contribution in [0.1, 0.15) is 32.4 Å². The molecule has 2 heterocycles. The summed E-state index contributed by atoms with van der Waals surface area (Å²) in [5, 5.41) is 3.46. The fourth-order valence-electron chi connectivity index (χ4n) is 2.94. The molecule has 3 rings (SSSR count). The van der Waals surface area contributed by atoms with Crippen molar-refractivity contribution in [2.45, 2.75) is 40.2 Å². The fourth-order valence-corrected chi connectivity index (χ4v) is 2.94. The summed E-state index contributed by atoms with van der Waals surface area (Å²) < 4.78 is 5.85. The first-order valence-corrected chi connectivity index (χ1v) is 7.01. The van der Waals surface area contributed by atoms with Crippen molar-refractivity contribution < 1.29 is 4.74 Å². The van der Waals surface area contributed by atoms with Gasteiger partial charge in [0.05, 0.1) is 12.2 Å². The topological polar surface area (TPSA) is 24.5 Å². The Balaban J connectivity index is 0.00000133. The second-order valence-corrected chi connectivity index (χ2v) is 5.47. The number of hydrogen-bond acceptors (Lipinski definition) is 3. The zero-order valence-electron chi connectivity index (χ0n) is 11.3. The van der Waals surface area contributed by atoms with E-state index in [4.69, 9.17) is 4.74 Å². The zero-order valence-corrected chi connectivity index (χ0v) is 11.3. The van der Waals surface area contributed by atoms with Crippen molar-refractivity contribution >= 4 is 5.69 Å². The van der Waals surface area contributed by atoms with E-state index in [0.29, 0.717) is 6.04 Å². The van der Waals surface area contributed by atoms with Crippen molar-refractivity contribution in [1.29, 1.82) is 0 Å². The Kier molecular flexibility index (Phi) is 4.35. The number of benzene rings is 1. The van der Waals surface area contributed by atoms with E-state index in [1.807, 2.05) is 0 Å². The standard InChI is InChI=1S/C15H22N2O.CH4/c1-11(2)17-7-8-18-15-10-13-4-6-16-5-3-12(13)9-14(15)17;/h9-11,16H,3-8H2,1-2H3;1H4. The largest absolute Gasteiger partial charge is 0.490 e. The predicted molar refractivity (Wildman–Crippen MR) is 81.4 cm³/mol. The summed E-state index contributed by atoms with van der Waals surface area (Å²) >= 11 is 0. The quantitative estimate of drug-likeness (QED) is 0.842. The van der Waals surface area contributed by atoms with E-state index in [2.05, 4.69) is 36.2 Å².